The zero-order valence-electron chi connectivity index (χ0n) is 15.5. The highest BCUT2D eigenvalue weighted by atomic mass is 35.5. The van der Waals surface area contributed by atoms with Crippen molar-refractivity contribution in [3.63, 3.8) is 0 Å². The van der Waals surface area contributed by atoms with E-state index in [-0.39, 0.29) is 24.8 Å². The molecule has 0 saturated carbocycles. The standard InChI is InChI=1S/C20H18ClNO6S/c1-25-15-4-6-17(7-5-15)29(23,24)22(12-16-3-2-8-26-16)11-14-9-19-20(10-18(14)21)28-13-27-19/h2-10H,11-13H2,1H3. The van der Waals surface area contributed by atoms with E-state index in [1.54, 1.807) is 36.4 Å². The largest absolute Gasteiger partial charge is 0.497 e. The Balaban J connectivity index is 1.69. The molecule has 2 aromatic carbocycles. The van der Waals surface area contributed by atoms with Crippen molar-refractivity contribution in [2.24, 2.45) is 0 Å². The third kappa shape index (κ3) is 4.05. The van der Waals surface area contributed by atoms with Gasteiger partial charge in [-0.1, -0.05) is 11.6 Å². The maximum Gasteiger partial charge on any atom is 0.243 e. The summed E-state index contributed by atoms with van der Waals surface area (Å²) in [6, 6.07) is 13.0. The van der Waals surface area contributed by atoms with Crippen molar-refractivity contribution in [1.29, 1.82) is 0 Å². The van der Waals surface area contributed by atoms with E-state index >= 15 is 0 Å². The lowest BCUT2D eigenvalue weighted by molar-refractivity contribution is 0.174. The maximum atomic E-state index is 13.4. The normalized spacial score (nSPS) is 13.1. The van der Waals surface area contributed by atoms with Gasteiger partial charge in [0.1, 0.15) is 11.5 Å². The van der Waals surface area contributed by atoms with Gasteiger partial charge in [0.25, 0.3) is 0 Å². The summed E-state index contributed by atoms with van der Waals surface area (Å²) in [5.41, 5.74) is 0.597. The van der Waals surface area contributed by atoms with Crippen LogP contribution in [0.4, 0.5) is 0 Å². The van der Waals surface area contributed by atoms with Crippen LogP contribution in [0.15, 0.2) is 64.1 Å². The van der Waals surface area contributed by atoms with E-state index in [4.69, 9.17) is 30.2 Å². The summed E-state index contributed by atoms with van der Waals surface area (Å²) in [7, 11) is -2.32. The fourth-order valence-corrected chi connectivity index (χ4v) is 4.57. The molecule has 7 nitrogen and oxygen atoms in total. The van der Waals surface area contributed by atoms with Crippen LogP contribution < -0.4 is 14.2 Å². The number of methoxy groups -OCH3 is 1. The molecular weight excluding hydrogens is 418 g/mol. The topological polar surface area (TPSA) is 78.2 Å². The molecule has 0 aliphatic carbocycles. The summed E-state index contributed by atoms with van der Waals surface area (Å²) >= 11 is 6.37. The number of hydrogen-bond donors (Lipinski definition) is 0. The molecule has 3 aromatic rings. The molecule has 0 radical (unpaired) electrons. The van der Waals surface area contributed by atoms with Gasteiger partial charge in [-0.15, -0.1) is 0 Å². The number of furan rings is 1. The van der Waals surface area contributed by atoms with E-state index < -0.39 is 10.0 Å². The number of rotatable bonds is 7. The number of halogens is 1. The van der Waals surface area contributed by atoms with E-state index in [0.717, 1.165) is 0 Å². The molecular formula is C20H18ClNO6S. The third-order valence-electron chi connectivity index (χ3n) is 4.50. The zero-order valence-corrected chi connectivity index (χ0v) is 17.1. The third-order valence-corrected chi connectivity index (χ3v) is 6.66. The molecule has 0 N–H and O–H groups in total. The minimum absolute atomic E-state index is 0.0323. The van der Waals surface area contributed by atoms with Gasteiger partial charge in [-0.2, -0.15) is 4.31 Å². The Hall–Kier alpha value is -2.68. The summed E-state index contributed by atoms with van der Waals surface area (Å²) in [6.07, 6.45) is 1.50. The Morgan fingerprint density at radius 3 is 2.45 bits per heavy atom. The first-order valence-electron chi connectivity index (χ1n) is 8.72. The second-order valence-electron chi connectivity index (χ2n) is 6.32. The van der Waals surface area contributed by atoms with Gasteiger partial charge in [0.15, 0.2) is 11.5 Å². The highest BCUT2D eigenvalue weighted by molar-refractivity contribution is 7.89. The Morgan fingerprint density at radius 2 is 1.79 bits per heavy atom. The first kappa shape index (κ1) is 19.6. The maximum absolute atomic E-state index is 13.4. The summed E-state index contributed by atoms with van der Waals surface area (Å²) in [5, 5.41) is 0.392. The molecule has 1 aliphatic rings. The lowest BCUT2D eigenvalue weighted by Gasteiger charge is -2.22. The minimum atomic E-state index is -3.84. The van der Waals surface area contributed by atoms with Crippen LogP contribution in [0.1, 0.15) is 11.3 Å². The molecule has 9 heteroatoms. The molecule has 0 unspecified atom stereocenters. The van der Waals surface area contributed by atoms with Crippen molar-refractivity contribution in [3.05, 3.63) is 71.1 Å². The Morgan fingerprint density at radius 1 is 1.07 bits per heavy atom. The van der Waals surface area contributed by atoms with Crippen molar-refractivity contribution in [3.8, 4) is 17.2 Å². The summed E-state index contributed by atoms with van der Waals surface area (Å²) in [5.74, 6) is 2.15. The number of ether oxygens (including phenoxy) is 3. The molecule has 0 bridgehead atoms. The van der Waals surface area contributed by atoms with Gasteiger partial charge in [0.2, 0.25) is 16.8 Å². The van der Waals surface area contributed by atoms with Crippen LogP contribution in [0, 0.1) is 0 Å². The van der Waals surface area contributed by atoms with Crippen molar-refractivity contribution >= 4 is 21.6 Å². The molecule has 1 aromatic heterocycles. The molecule has 0 amide bonds. The van der Waals surface area contributed by atoms with Gasteiger partial charge in [-0.3, -0.25) is 0 Å². The lowest BCUT2D eigenvalue weighted by atomic mass is 10.2. The Bertz CT molecular complexity index is 1100. The number of hydrogen-bond acceptors (Lipinski definition) is 6. The number of nitrogens with zero attached hydrogens (tertiary/aromatic N) is 1. The highest BCUT2D eigenvalue weighted by Gasteiger charge is 2.28. The average molecular weight is 436 g/mol. The van der Waals surface area contributed by atoms with Gasteiger partial charge in [-0.25, -0.2) is 8.42 Å². The fraction of sp³-hybridized carbons (Fsp3) is 0.200. The van der Waals surface area contributed by atoms with E-state index in [0.29, 0.717) is 33.6 Å². The van der Waals surface area contributed by atoms with Crippen LogP contribution >= 0.6 is 11.6 Å². The average Bonchev–Trinajstić information content (AvgIpc) is 3.39. The quantitative estimate of drug-likeness (QED) is 0.557. The van der Waals surface area contributed by atoms with Crippen LogP contribution in [0.2, 0.25) is 5.02 Å². The van der Waals surface area contributed by atoms with Crippen LogP contribution in [0.25, 0.3) is 0 Å². The van der Waals surface area contributed by atoms with E-state index in [1.807, 2.05) is 0 Å². The van der Waals surface area contributed by atoms with Crippen molar-refractivity contribution < 1.29 is 27.0 Å². The van der Waals surface area contributed by atoms with Crippen molar-refractivity contribution in [1.82, 2.24) is 4.31 Å². The zero-order chi connectivity index (χ0) is 20.4. The van der Waals surface area contributed by atoms with Gasteiger partial charge >= 0.3 is 0 Å². The summed E-state index contributed by atoms with van der Waals surface area (Å²) < 4.78 is 49.2. The summed E-state index contributed by atoms with van der Waals surface area (Å²) in [6.45, 7) is 0.187. The number of sulfonamides is 1. The lowest BCUT2D eigenvalue weighted by Crippen LogP contribution is -2.30. The monoisotopic (exact) mass is 435 g/mol. The predicted octanol–water partition coefficient (Wildman–Crippen LogP) is 4.06. The van der Waals surface area contributed by atoms with E-state index in [2.05, 4.69) is 0 Å². The first-order chi connectivity index (χ1) is 14.0. The molecule has 0 saturated heterocycles. The van der Waals surface area contributed by atoms with E-state index in [9.17, 15) is 8.42 Å². The van der Waals surface area contributed by atoms with Gasteiger partial charge in [-0.05, 0) is 48.0 Å². The predicted molar refractivity (Wildman–Crippen MR) is 106 cm³/mol. The first-order valence-corrected chi connectivity index (χ1v) is 10.5. The smallest absolute Gasteiger partial charge is 0.243 e. The van der Waals surface area contributed by atoms with Gasteiger partial charge in [0, 0.05) is 17.6 Å². The van der Waals surface area contributed by atoms with Crippen LogP contribution in [0.3, 0.4) is 0 Å². The molecule has 2 heterocycles. The summed E-state index contributed by atoms with van der Waals surface area (Å²) in [4.78, 5) is 0.140. The van der Waals surface area contributed by atoms with Gasteiger partial charge < -0.3 is 18.6 Å². The number of benzene rings is 2. The number of fused-ring (bicyclic) bond motifs is 1. The van der Waals surface area contributed by atoms with Crippen LogP contribution in [0.5, 0.6) is 17.2 Å². The Labute approximate surface area is 173 Å². The van der Waals surface area contributed by atoms with Gasteiger partial charge in [0.05, 0.1) is 24.8 Å². The SMILES string of the molecule is COc1ccc(S(=O)(=O)N(Cc2ccco2)Cc2cc3c(cc2Cl)OCO3)cc1. The molecule has 152 valence electrons. The van der Waals surface area contributed by atoms with E-state index in [1.165, 1.54) is 29.8 Å². The Kier molecular flexibility index (Phi) is 5.40. The molecule has 1 aliphatic heterocycles. The second-order valence-corrected chi connectivity index (χ2v) is 8.67. The van der Waals surface area contributed by atoms with Crippen LogP contribution in [-0.4, -0.2) is 26.6 Å². The minimum Gasteiger partial charge on any atom is -0.497 e. The molecule has 4 rings (SSSR count). The van der Waals surface area contributed by atoms with Crippen molar-refractivity contribution in [2.45, 2.75) is 18.0 Å². The molecule has 29 heavy (non-hydrogen) atoms. The molecule has 0 spiro atoms. The molecule has 0 atom stereocenters. The fourth-order valence-electron chi connectivity index (χ4n) is 2.97. The highest BCUT2D eigenvalue weighted by Crippen LogP contribution is 2.38. The second kappa shape index (κ2) is 7.98. The van der Waals surface area contributed by atoms with Crippen molar-refractivity contribution in [2.75, 3.05) is 13.9 Å². The van der Waals surface area contributed by atoms with Crippen LogP contribution in [-0.2, 0) is 23.1 Å². The molecule has 0 fully saturated rings.